The van der Waals surface area contributed by atoms with Gasteiger partial charge in [-0.15, -0.1) is 0 Å². The Morgan fingerprint density at radius 3 is 2.33 bits per heavy atom. The zero-order valence-electron chi connectivity index (χ0n) is 10.2. The molecule has 0 radical (unpaired) electrons. The van der Waals surface area contributed by atoms with Crippen molar-refractivity contribution in [3.8, 4) is 17.0 Å². The van der Waals surface area contributed by atoms with Gasteiger partial charge in [0.15, 0.2) is 0 Å². The van der Waals surface area contributed by atoms with Crippen molar-refractivity contribution < 1.29 is 29.0 Å². The zero-order chi connectivity index (χ0) is 11.7. The van der Waals surface area contributed by atoms with Crippen LogP contribution in [-0.2, 0) is 0 Å². The number of aromatic amines is 1. The summed E-state index contributed by atoms with van der Waals surface area (Å²) in [4.78, 5) is 3.28. The molecule has 3 rings (SSSR count). The van der Waals surface area contributed by atoms with Gasteiger partial charge in [0.1, 0.15) is 0 Å². The molecule has 3 aromatic rings. The fourth-order valence-electron chi connectivity index (χ4n) is 1.96. The van der Waals surface area contributed by atoms with Gasteiger partial charge in [0.05, 0.1) is 0 Å². The van der Waals surface area contributed by atoms with E-state index in [0.29, 0.717) is 5.56 Å². The van der Waals surface area contributed by atoms with Gasteiger partial charge in [0.2, 0.25) is 11.2 Å². The number of hydrogen-bond acceptors (Lipinski definition) is 1. The van der Waals surface area contributed by atoms with Crippen molar-refractivity contribution in [1.29, 1.82) is 0 Å². The summed E-state index contributed by atoms with van der Waals surface area (Å²) in [5.74, 6) is 0.0408. The van der Waals surface area contributed by atoms with Gasteiger partial charge in [0, 0.05) is 23.1 Å². The van der Waals surface area contributed by atoms with E-state index in [0.717, 1.165) is 16.6 Å². The van der Waals surface area contributed by atoms with E-state index < -0.39 is 0 Å². The Morgan fingerprint density at radius 2 is 1.50 bits per heavy atom. The number of rotatable bonds is 1. The summed E-state index contributed by atoms with van der Waals surface area (Å²) >= 11 is 0. The molecule has 1 N–H and O–H groups in total. The van der Waals surface area contributed by atoms with E-state index in [1.165, 1.54) is 0 Å². The van der Waals surface area contributed by atoms with Crippen molar-refractivity contribution >= 4 is 10.9 Å². The number of fused-ring (bicyclic) bond motifs is 1. The average molecular weight is 228 g/mol. The number of H-pyrrole nitrogens is 1. The number of nitrogens with one attached hydrogen (secondary N) is 1. The summed E-state index contributed by atoms with van der Waals surface area (Å²) in [5, 5.41) is 12.9. The van der Waals surface area contributed by atoms with Crippen LogP contribution in [0, 0.1) is 0 Å². The normalized spacial score (nSPS) is 10.0. The van der Waals surface area contributed by atoms with Crippen molar-refractivity contribution in [2.45, 2.75) is 0 Å². The number of benzene rings is 2. The van der Waals surface area contributed by atoms with Gasteiger partial charge in [-0.1, -0.05) is 36.1 Å². The Morgan fingerprint density at radius 1 is 0.778 bits per heavy atom. The largest absolute Gasteiger partial charge is 1.00 e. The minimum Gasteiger partial charge on any atom is -0.872 e. The molecular formula is C15H11LiNO+. The van der Waals surface area contributed by atoms with E-state index in [4.69, 9.17) is 0 Å². The number of aromatic nitrogens is 1. The van der Waals surface area contributed by atoms with E-state index in [9.17, 15) is 5.11 Å². The second-order valence-electron chi connectivity index (χ2n) is 3.96. The molecule has 82 valence electrons. The molecule has 18 heavy (non-hydrogen) atoms. The topological polar surface area (TPSA) is 37.2 Å². The quantitative estimate of drug-likeness (QED) is 0.512. The molecule has 0 saturated heterocycles. The average Bonchev–Trinajstić information content (AvgIpc) is 2.39. The molecule has 0 unspecified atom stereocenters. The van der Waals surface area contributed by atoms with Crippen LogP contribution < -0.4 is 29.0 Å². The van der Waals surface area contributed by atoms with Crippen molar-refractivity contribution in [3.63, 3.8) is 0 Å². The van der Waals surface area contributed by atoms with Crippen molar-refractivity contribution in [2.24, 2.45) is 0 Å². The Balaban J connectivity index is 0.00000120. The summed E-state index contributed by atoms with van der Waals surface area (Å²) in [7, 11) is 0. The molecule has 0 fully saturated rings. The van der Waals surface area contributed by atoms with Gasteiger partial charge < -0.3 is 5.11 Å². The number of hydrogen-bond donors (Lipinski definition) is 0. The molecule has 0 bridgehead atoms. The molecule has 1 heterocycles. The summed E-state index contributed by atoms with van der Waals surface area (Å²) in [6.45, 7) is 0. The smallest absolute Gasteiger partial charge is 0.872 e. The first kappa shape index (κ1) is 12.7. The first-order chi connectivity index (χ1) is 8.34. The predicted octanol–water partition coefficient (Wildman–Crippen LogP) is -0.602. The Hall–Kier alpha value is -1.75. The first-order valence-electron chi connectivity index (χ1n) is 5.52. The molecular weight excluding hydrogens is 217 g/mol. The van der Waals surface area contributed by atoms with Crippen LogP contribution >= 0.6 is 0 Å². The van der Waals surface area contributed by atoms with Crippen LogP contribution in [0.2, 0.25) is 0 Å². The minimum atomic E-state index is 0. The zero-order valence-corrected chi connectivity index (χ0v) is 10.2. The SMILES string of the molecule is [Li+].[O-]c1ccccc1-c1ccc2ccccc2[nH+]1. The first-order valence-corrected chi connectivity index (χ1v) is 5.52. The Bertz CT molecular complexity index is 682. The molecule has 2 nitrogen and oxygen atoms in total. The molecule has 3 heteroatoms. The van der Waals surface area contributed by atoms with Crippen LogP contribution in [0.1, 0.15) is 0 Å². The van der Waals surface area contributed by atoms with Crippen molar-refractivity contribution in [1.82, 2.24) is 0 Å². The molecule has 0 spiro atoms. The second-order valence-corrected chi connectivity index (χ2v) is 3.96. The van der Waals surface area contributed by atoms with Gasteiger partial charge in [-0.3, -0.25) is 0 Å². The summed E-state index contributed by atoms with van der Waals surface area (Å²) in [5.41, 5.74) is 2.60. The molecule has 0 aliphatic carbocycles. The number of pyridine rings is 1. The van der Waals surface area contributed by atoms with Gasteiger partial charge in [-0.25, -0.2) is 4.98 Å². The third kappa shape index (κ3) is 2.26. The van der Waals surface area contributed by atoms with Gasteiger partial charge in [0.25, 0.3) is 0 Å². The van der Waals surface area contributed by atoms with Crippen LogP contribution in [0.5, 0.6) is 5.75 Å². The Labute approximate surface area is 117 Å². The molecule has 0 aliphatic heterocycles. The van der Waals surface area contributed by atoms with Gasteiger partial charge >= 0.3 is 18.9 Å². The maximum Gasteiger partial charge on any atom is 1.00 e. The van der Waals surface area contributed by atoms with E-state index in [1.54, 1.807) is 12.1 Å². The molecule has 0 amide bonds. The molecule has 0 atom stereocenters. The fraction of sp³-hybridized carbons (Fsp3) is 0. The van der Waals surface area contributed by atoms with E-state index in [1.807, 2.05) is 48.5 Å². The fourth-order valence-corrected chi connectivity index (χ4v) is 1.96. The molecule has 0 aliphatic rings. The Kier molecular flexibility index (Phi) is 3.71. The van der Waals surface area contributed by atoms with Crippen LogP contribution in [0.3, 0.4) is 0 Å². The molecule has 1 aromatic heterocycles. The van der Waals surface area contributed by atoms with E-state index >= 15 is 0 Å². The summed E-state index contributed by atoms with van der Waals surface area (Å²) in [6.07, 6.45) is 0. The number of para-hydroxylation sites is 2. The maximum absolute atomic E-state index is 11.7. The standard InChI is InChI=1S/C15H11NO.Li/c17-15-8-4-2-6-12(15)14-10-9-11-5-1-3-7-13(11)16-14;/h1-10,17H;/q;+1. The van der Waals surface area contributed by atoms with Crippen molar-refractivity contribution in [3.05, 3.63) is 60.7 Å². The molecule has 0 saturated carbocycles. The van der Waals surface area contributed by atoms with Crippen LogP contribution in [-0.4, -0.2) is 0 Å². The van der Waals surface area contributed by atoms with Crippen LogP contribution in [0.15, 0.2) is 60.7 Å². The van der Waals surface area contributed by atoms with E-state index in [-0.39, 0.29) is 24.6 Å². The third-order valence-electron chi connectivity index (χ3n) is 2.84. The van der Waals surface area contributed by atoms with Crippen molar-refractivity contribution in [2.75, 3.05) is 0 Å². The predicted molar refractivity (Wildman–Crippen MR) is 65.4 cm³/mol. The van der Waals surface area contributed by atoms with Crippen LogP contribution in [0.4, 0.5) is 0 Å². The van der Waals surface area contributed by atoms with Crippen LogP contribution in [0.25, 0.3) is 22.2 Å². The maximum atomic E-state index is 11.7. The van der Waals surface area contributed by atoms with E-state index in [2.05, 4.69) is 4.98 Å². The monoisotopic (exact) mass is 228 g/mol. The van der Waals surface area contributed by atoms with Gasteiger partial charge in [-0.05, 0) is 18.2 Å². The summed E-state index contributed by atoms with van der Waals surface area (Å²) in [6, 6.07) is 19.0. The second kappa shape index (κ2) is 5.26. The minimum absolute atomic E-state index is 0. The summed E-state index contributed by atoms with van der Waals surface area (Å²) < 4.78 is 0. The third-order valence-corrected chi connectivity index (χ3v) is 2.84. The van der Waals surface area contributed by atoms with Gasteiger partial charge in [-0.2, -0.15) is 0 Å². The molecule has 2 aromatic carbocycles.